The second-order valence-electron chi connectivity index (χ2n) is 8.35. The third-order valence-electron chi connectivity index (χ3n) is 6.15. The topological polar surface area (TPSA) is 63.4 Å². The summed E-state index contributed by atoms with van der Waals surface area (Å²) in [7, 11) is -5.36. The van der Waals surface area contributed by atoms with Crippen molar-refractivity contribution in [1.29, 1.82) is 0 Å². The van der Waals surface area contributed by atoms with E-state index in [1.165, 1.54) is 25.0 Å². The summed E-state index contributed by atoms with van der Waals surface area (Å²) in [6.45, 7) is 6.23. The van der Waals surface area contributed by atoms with Crippen LogP contribution in [0, 0.1) is 6.92 Å². The van der Waals surface area contributed by atoms with E-state index in [4.69, 9.17) is 4.42 Å². The van der Waals surface area contributed by atoms with Gasteiger partial charge in [-0.3, -0.25) is 0 Å². The lowest BCUT2D eigenvalue weighted by Crippen LogP contribution is -2.29. The van der Waals surface area contributed by atoms with Gasteiger partial charge in [0, 0.05) is 24.6 Å². The number of likely N-dealkylation sites (tertiary alicyclic amines) is 1. The van der Waals surface area contributed by atoms with Crippen molar-refractivity contribution in [2.24, 2.45) is 0 Å². The minimum absolute atomic E-state index is 0. The normalized spacial score (nSPS) is 17.0. The fourth-order valence-electron chi connectivity index (χ4n) is 4.12. The molecule has 1 saturated heterocycles. The van der Waals surface area contributed by atoms with E-state index >= 15 is 0 Å². The highest BCUT2D eigenvalue weighted by Crippen LogP contribution is 2.32. The summed E-state index contributed by atoms with van der Waals surface area (Å²) in [5.41, 5.74) is -2.25. The number of hydrogen-bond donors (Lipinski definition) is 0. The number of nitrogens with zero attached hydrogens (tertiary/aromatic N) is 2. The van der Waals surface area contributed by atoms with Gasteiger partial charge in [0.25, 0.3) is 9.84 Å². The van der Waals surface area contributed by atoms with Crippen LogP contribution in [0.4, 0.5) is 13.2 Å². The highest BCUT2D eigenvalue weighted by atomic mass is 35.5. The van der Waals surface area contributed by atoms with Gasteiger partial charge in [-0.15, -0.1) is 12.4 Å². The molecule has 1 fully saturated rings. The van der Waals surface area contributed by atoms with E-state index in [0.29, 0.717) is 17.5 Å². The number of sulfone groups is 1. The summed E-state index contributed by atoms with van der Waals surface area (Å²) in [6.07, 6.45) is 3.29. The summed E-state index contributed by atoms with van der Waals surface area (Å²) in [4.78, 5) is 6.35. The van der Waals surface area contributed by atoms with Crippen LogP contribution in [0.5, 0.6) is 0 Å². The first-order valence-corrected chi connectivity index (χ1v) is 12.3. The van der Waals surface area contributed by atoms with Crippen LogP contribution < -0.4 is 0 Å². The largest absolute Gasteiger partial charge is 0.501 e. The molecule has 0 amide bonds. The zero-order valence-electron chi connectivity index (χ0n) is 18.8. The van der Waals surface area contributed by atoms with E-state index in [1.807, 2.05) is 19.1 Å². The number of aryl methyl sites for hydroxylation is 1. The molecule has 184 valence electrons. The van der Waals surface area contributed by atoms with Gasteiger partial charge in [0.1, 0.15) is 5.76 Å². The van der Waals surface area contributed by atoms with Crippen LogP contribution in [0.3, 0.4) is 0 Å². The molecule has 3 aromatic rings. The van der Waals surface area contributed by atoms with Crippen LogP contribution in [0.15, 0.2) is 57.8 Å². The fraction of sp³-hybridized carbons (Fsp3) is 0.375. The van der Waals surface area contributed by atoms with E-state index < -0.39 is 20.2 Å². The maximum absolute atomic E-state index is 12.7. The lowest BCUT2D eigenvalue weighted by molar-refractivity contribution is -0.0436. The number of halogens is 4. The van der Waals surface area contributed by atoms with Crippen molar-refractivity contribution < 1.29 is 26.0 Å². The van der Waals surface area contributed by atoms with Crippen molar-refractivity contribution in [2.45, 2.75) is 49.6 Å². The molecule has 1 atom stereocenters. The van der Waals surface area contributed by atoms with E-state index in [0.717, 1.165) is 54.2 Å². The van der Waals surface area contributed by atoms with Gasteiger partial charge in [0.15, 0.2) is 0 Å². The molecule has 2 heterocycles. The predicted molar refractivity (Wildman–Crippen MR) is 127 cm³/mol. The Hall–Kier alpha value is -2.36. The Bertz CT molecular complexity index is 1220. The van der Waals surface area contributed by atoms with Gasteiger partial charge in [0.05, 0.1) is 10.6 Å². The van der Waals surface area contributed by atoms with Crippen LogP contribution >= 0.6 is 12.4 Å². The van der Waals surface area contributed by atoms with Crippen LogP contribution in [-0.2, 0) is 16.3 Å². The molecule has 0 radical (unpaired) electrons. The molecule has 1 aliphatic rings. The Kier molecular flexibility index (Phi) is 7.79. The minimum atomic E-state index is -5.36. The molecule has 0 N–H and O–H groups in total. The first kappa shape index (κ1) is 26.2. The Morgan fingerprint density at radius 3 is 2.12 bits per heavy atom. The van der Waals surface area contributed by atoms with Gasteiger partial charge < -0.3 is 9.32 Å². The number of alkyl halides is 3. The highest BCUT2D eigenvalue weighted by Gasteiger charge is 2.46. The Morgan fingerprint density at radius 2 is 1.59 bits per heavy atom. The maximum Gasteiger partial charge on any atom is 0.501 e. The molecule has 10 heteroatoms. The van der Waals surface area contributed by atoms with E-state index in [-0.39, 0.29) is 12.4 Å². The van der Waals surface area contributed by atoms with Crippen LogP contribution in [-0.4, -0.2) is 42.9 Å². The Morgan fingerprint density at radius 1 is 1.03 bits per heavy atom. The maximum atomic E-state index is 12.7. The second kappa shape index (κ2) is 10.1. The number of aromatic nitrogens is 1. The van der Waals surface area contributed by atoms with Crippen molar-refractivity contribution in [3.63, 3.8) is 0 Å². The first-order valence-electron chi connectivity index (χ1n) is 10.8. The summed E-state index contributed by atoms with van der Waals surface area (Å²) >= 11 is 0. The zero-order valence-corrected chi connectivity index (χ0v) is 20.4. The lowest BCUT2D eigenvalue weighted by Gasteiger charge is -2.20. The van der Waals surface area contributed by atoms with Gasteiger partial charge in [0.2, 0.25) is 5.89 Å². The molecule has 0 aliphatic carbocycles. The van der Waals surface area contributed by atoms with Crippen molar-refractivity contribution in [3.8, 4) is 22.6 Å². The van der Waals surface area contributed by atoms with Crippen molar-refractivity contribution in [3.05, 3.63) is 60.0 Å². The molecule has 0 spiro atoms. The standard InChI is InChI=1S/C24H25F3N2O3S.ClH/c1-16-4-3-14-29(16)15-13-22-17(2)32-23(28-22)20-7-5-18(6-8-20)19-9-11-21(12-10-19)33(30,31)24(25,26)27;/h5-12,16H,3-4,13-15H2,1-2H3;1H. The second-order valence-corrected chi connectivity index (χ2v) is 10.3. The third-order valence-corrected chi connectivity index (χ3v) is 7.66. The van der Waals surface area contributed by atoms with E-state index in [2.05, 4.69) is 16.8 Å². The van der Waals surface area contributed by atoms with Crippen LogP contribution in [0.1, 0.15) is 31.2 Å². The summed E-state index contributed by atoms with van der Waals surface area (Å²) in [5, 5.41) is 0. The SMILES string of the molecule is Cc1oc(-c2ccc(-c3ccc(S(=O)(=O)C(F)(F)F)cc3)cc2)nc1CCN1CCCC1C.Cl. The Labute approximate surface area is 203 Å². The molecule has 1 aromatic heterocycles. The van der Waals surface area contributed by atoms with Crippen LogP contribution in [0.2, 0.25) is 0 Å². The van der Waals surface area contributed by atoms with E-state index in [9.17, 15) is 21.6 Å². The summed E-state index contributed by atoms with van der Waals surface area (Å²) < 4.78 is 67.1. The number of benzene rings is 2. The zero-order chi connectivity index (χ0) is 23.8. The van der Waals surface area contributed by atoms with Crippen molar-refractivity contribution in [1.82, 2.24) is 9.88 Å². The summed E-state index contributed by atoms with van der Waals surface area (Å²) in [6, 6.07) is 12.5. The molecule has 5 nitrogen and oxygen atoms in total. The van der Waals surface area contributed by atoms with Crippen LogP contribution in [0.25, 0.3) is 22.6 Å². The number of oxazole rings is 1. The lowest BCUT2D eigenvalue weighted by atomic mass is 10.0. The average molecular weight is 515 g/mol. The molecule has 1 unspecified atom stereocenters. The van der Waals surface area contributed by atoms with Crippen molar-refractivity contribution in [2.75, 3.05) is 13.1 Å². The fourth-order valence-corrected chi connectivity index (χ4v) is 4.88. The van der Waals surface area contributed by atoms with Gasteiger partial charge in [-0.2, -0.15) is 13.2 Å². The van der Waals surface area contributed by atoms with Crippen molar-refractivity contribution >= 4 is 22.2 Å². The monoisotopic (exact) mass is 514 g/mol. The molecule has 34 heavy (non-hydrogen) atoms. The van der Waals surface area contributed by atoms with Gasteiger partial charge in [-0.25, -0.2) is 13.4 Å². The summed E-state index contributed by atoms with van der Waals surface area (Å²) in [5.74, 6) is 1.32. The quantitative estimate of drug-likeness (QED) is 0.400. The highest BCUT2D eigenvalue weighted by molar-refractivity contribution is 7.92. The first-order chi connectivity index (χ1) is 15.6. The number of rotatable bonds is 6. The minimum Gasteiger partial charge on any atom is -0.441 e. The molecule has 1 aliphatic heterocycles. The van der Waals surface area contributed by atoms with E-state index in [1.54, 1.807) is 12.1 Å². The van der Waals surface area contributed by atoms with Gasteiger partial charge in [-0.05, 0) is 68.6 Å². The molecular weight excluding hydrogens is 489 g/mol. The van der Waals surface area contributed by atoms with Gasteiger partial charge >= 0.3 is 5.51 Å². The Balaban J connectivity index is 0.00000324. The average Bonchev–Trinajstić information content (AvgIpc) is 3.36. The molecule has 0 bridgehead atoms. The smallest absolute Gasteiger partial charge is 0.441 e. The molecule has 2 aromatic carbocycles. The van der Waals surface area contributed by atoms with Gasteiger partial charge in [-0.1, -0.05) is 24.3 Å². The predicted octanol–water partition coefficient (Wildman–Crippen LogP) is 6.06. The third kappa shape index (κ3) is 5.31. The molecular formula is C24H26ClF3N2O3S. The molecule has 0 saturated carbocycles. The number of hydrogen-bond acceptors (Lipinski definition) is 5. The molecule has 4 rings (SSSR count).